The fraction of sp³-hybridized carbons (Fsp3) is 0.727. The molecule has 0 aliphatic carbocycles. The van der Waals surface area contributed by atoms with Crippen LogP contribution in [0.3, 0.4) is 0 Å². The van der Waals surface area contributed by atoms with Gasteiger partial charge in [0.2, 0.25) is 0 Å². The number of carbonyl (C=O) groups excluding carboxylic acids is 2. The number of aryl methyl sites for hydroxylation is 1. The second-order valence-corrected chi connectivity index (χ2v) is 5.12. The molecule has 0 aliphatic heterocycles. The van der Waals surface area contributed by atoms with Crippen LogP contribution in [0.15, 0.2) is 0 Å². The SMILES string of the molecule is COC(=O)C(Cc1nnn(C)n1)NC(=O)OC(C)(C)C. The van der Waals surface area contributed by atoms with E-state index in [0.717, 1.165) is 0 Å². The zero-order valence-corrected chi connectivity index (χ0v) is 12.2. The van der Waals surface area contributed by atoms with Crippen molar-refractivity contribution in [2.75, 3.05) is 7.11 Å². The fourth-order valence-electron chi connectivity index (χ4n) is 1.37. The van der Waals surface area contributed by atoms with Gasteiger partial charge in [-0.3, -0.25) is 0 Å². The summed E-state index contributed by atoms with van der Waals surface area (Å²) in [6, 6.07) is -0.931. The lowest BCUT2D eigenvalue weighted by atomic mass is 10.2. The van der Waals surface area contributed by atoms with Gasteiger partial charge in [0.05, 0.1) is 14.2 Å². The van der Waals surface area contributed by atoms with Gasteiger partial charge in [0.25, 0.3) is 0 Å². The van der Waals surface area contributed by atoms with Crippen molar-refractivity contribution >= 4 is 12.1 Å². The lowest BCUT2D eigenvalue weighted by Crippen LogP contribution is -2.45. The van der Waals surface area contributed by atoms with E-state index in [4.69, 9.17) is 4.74 Å². The van der Waals surface area contributed by atoms with Gasteiger partial charge in [0.1, 0.15) is 11.6 Å². The first kappa shape index (κ1) is 15.9. The first-order valence-electron chi connectivity index (χ1n) is 6.01. The van der Waals surface area contributed by atoms with Crippen molar-refractivity contribution in [1.29, 1.82) is 0 Å². The Morgan fingerprint density at radius 3 is 2.50 bits per heavy atom. The molecule has 1 atom stereocenters. The normalized spacial score (nSPS) is 12.7. The Morgan fingerprint density at radius 1 is 1.40 bits per heavy atom. The lowest BCUT2D eigenvalue weighted by molar-refractivity contribution is -0.143. The van der Waals surface area contributed by atoms with E-state index in [2.05, 4.69) is 25.5 Å². The van der Waals surface area contributed by atoms with Crippen LogP contribution in [0.25, 0.3) is 0 Å². The Kier molecular flexibility index (Phi) is 5.00. The van der Waals surface area contributed by atoms with Gasteiger partial charge >= 0.3 is 12.1 Å². The quantitative estimate of drug-likeness (QED) is 0.764. The number of hydrogen-bond donors (Lipinski definition) is 1. The maximum absolute atomic E-state index is 11.7. The highest BCUT2D eigenvalue weighted by atomic mass is 16.6. The van der Waals surface area contributed by atoms with E-state index in [-0.39, 0.29) is 6.42 Å². The summed E-state index contributed by atoms with van der Waals surface area (Å²) in [5, 5.41) is 13.8. The third kappa shape index (κ3) is 5.21. The Bertz CT molecular complexity index is 479. The van der Waals surface area contributed by atoms with E-state index in [0.29, 0.717) is 5.82 Å². The monoisotopic (exact) mass is 285 g/mol. The van der Waals surface area contributed by atoms with E-state index < -0.39 is 23.7 Å². The molecule has 1 unspecified atom stereocenters. The molecular formula is C11H19N5O4. The molecule has 1 aromatic rings. The number of carbonyl (C=O) groups is 2. The standard InChI is InChI=1S/C11H19N5O4/c1-11(2,3)20-10(18)12-7(9(17)19-5)6-8-13-15-16(4)14-8/h7H,6H2,1-5H3,(H,12,18). The van der Waals surface area contributed by atoms with Crippen molar-refractivity contribution in [2.45, 2.75) is 38.8 Å². The number of nitrogens with zero attached hydrogens (tertiary/aromatic N) is 4. The molecule has 9 nitrogen and oxygen atoms in total. The average Bonchev–Trinajstić information content (AvgIpc) is 2.70. The number of tetrazole rings is 1. The van der Waals surface area contributed by atoms with Gasteiger partial charge in [-0.15, -0.1) is 10.2 Å². The number of methoxy groups -OCH3 is 1. The number of amides is 1. The molecule has 0 bridgehead atoms. The average molecular weight is 285 g/mol. The second-order valence-electron chi connectivity index (χ2n) is 5.12. The fourth-order valence-corrected chi connectivity index (χ4v) is 1.37. The first-order valence-corrected chi connectivity index (χ1v) is 6.01. The Labute approximate surface area is 116 Å². The van der Waals surface area contributed by atoms with Crippen LogP contribution in [0.4, 0.5) is 4.79 Å². The molecule has 20 heavy (non-hydrogen) atoms. The maximum atomic E-state index is 11.7. The third-order valence-electron chi connectivity index (χ3n) is 2.11. The predicted octanol–water partition coefficient (Wildman–Crippen LogP) is -0.181. The minimum absolute atomic E-state index is 0.0692. The Morgan fingerprint density at radius 2 is 2.05 bits per heavy atom. The van der Waals surface area contributed by atoms with Gasteiger partial charge in [0.15, 0.2) is 5.82 Å². The van der Waals surface area contributed by atoms with Crippen LogP contribution in [-0.4, -0.2) is 51.0 Å². The van der Waals surface area contributed by atoms with E-state index in [9.17, 15) is 9.59 Å². The molecule has 0 radical (unpaired) electrons. The zero-order valence-electron chi connectivity index (χ0n) is 12.2. The van der Waals surface area contributed by atoms with Crippen LogP contribution in [-0.2, 0) is 27.7 Å². The number of esters is 1. The molecule has 1 heterocycles. The number of nitrogens with one attached hydrogen (secondary N) is 1. The Balaban J connectivity index is 2.70. The summed E-state index contributed by atoms with van der Waals surface area (Å²) in [6.45, 7) is 5.18. The molecule has 112 valence electrons. The third-order valence-corrected chi connectivity index (χ3v) is 2.11. The van der Waals surface area contributed by atoms with E-state index in [1.165, 1.54) is 11.9 Å². The summed E-state index contributed by atoms with van der Waals surface area (Å²) >= 11 is 0. The second kappa shape index (κ2) is 6.31. The van der Waals surface area contributed by atoms with E-state index >= 15 is 0 Å². The molecule has 0 aliphatic rings. The van der Waals surface area contributed by atoms with E-state index in [1.54, 1.807) is 27.8 Å². The van der Waals surface area contributed by atoms with Gasteiger partial charge in [-0.05, 0) is 26.0 Å². The molecule has 1 N–H and O–H groups in total. The number of ether oxygens (including phenoxy) is 2. The molecule has 0 saturated carbocycles. The first-order chi connectivity index (χ1) is 9.21. The van der Waals surface area contributed by atoms with Crippen LogP contribution in [0.5, 0.6) is 0 Å². The van der Waals surface area contributed by atoms with Gasteiger partial charge < -0.3 is 14.8 Å². The minimum atomic E-state index is -0.931. The van der Waals surface area contributed by atoms with E-state index in [1.807, 2.05) is 0 Å². The smallest absolute Gasteiger partial charge is 0.408 e. The highest BCUT2D eigenvalue weighted by Gasteiger charge is 2.26. The van der Waals surface area contributed by atoms with Crippen LogP contribution in [0, 0.1) is 0 Å². The molecule has 1 amide bonds. The molecule has 9 heteroatoms. The van der Waals surface area contributed by atoms with Crippen LogP contribution in [0.1, 0.15) is 26.6 Å². The minimum Gasteiger partial charge on any atom is -0.467 e. The summed E-state index contributed by atoms with van der Waals surface area (Å²) in [7, 11) is 2.83. The van der Waals surface area contributed by atoms with Gasteiger partial charge in [-0.2, -0.15) is 4.80 Å². The lowest BCUT2D eigenvalue weighted by Gasteiger charge is -2.22. The molecule has 1 aromatic heterocycles. The molecule has 0 spiro atoms. The number of aromatic nitrogens is 4. The van der Waals surface area contributed by atoms with Crippen LogP contribution < -0.4 is 5.32 Å². The van der Waals surface area contributed by atoms with Crippen molar-refractivity contribution in [1.82, 2.24) is 25.5 Å². The number of rotatable bonds is 4. The molecule has 0 fully saturated rings. The van der Waals surface area contributed by atoms with Gasteiger partial charge in [-0.25, -0.2) is 9.59 Å². The molecule has 1 rings (SSSR count). The number of alkyl carbamates (subject to hydrolysis) is 1. The van der Waals surface area contributed by atoms with Crippen LogP contribution >= 0.6 is 0 Å². The highest BCUT2D eigenvalue weighted by molar-refractivity contribution is 5.81. The Hall–Kier alpha value is -2.19. The summed E-state index contributed by atoms with van der Waals surface area (Å²) in [5.74, 6) is -0.290. The van der Waals surface area contributed by atoms with Crippen molar-refractivity contribution in [3.8, 4) is 0 Å². The molecule has 0 aromatic carbocycles. The van der Waals surface area contributed by atoms with Gasteiger partial charge in [-0.1, -0.05) is 0 Å². The highest BCUT2D eigenvalue weighted by Crippen LogP contribution is 2.07. The number of hydrogen-bond acceptors (Lipinski definition) is 7. The molecular weight excluding hydrogens is 266 g/mol. The summed E-state index contributed by atoms with van der Waals surface area (Å²) in [6.07, 6.45) is -0.642. The van der Waals surface area contributed by atoms with Crippen LogP contribution in [0.2, 0.25) is 0 Å². The summed E-state index contributed by atoms with van der Waals surface area (Å²) < 4.78 is 9.72. The topological polar surface area (TPSA) is 108 Å². The molecule has 0 saturated heterocycles. The van der Waals surface area contributed by atoms with Gasteiger partial charge in [0, 0.05) is 6.42 Å². The summed E-state index contributed by atoms with van der Waals surface area (Å²) in [5.41, 5.74) is -0.657. The zero-order chi connectivity index (χ0) is 15.3. The van der Waals surface area contributed by atoms with Crippen molar-refractivity contribution in [3.05, 3.63) is 5.82 Å². The summed E-state index contributed by atoms with van der Waals surface area (Å²) in [4.78, 5) is 24.6. The van der Waals surface area contributed by atoms with Crippen molar-refractivity contribution < 1.29 is 19.1 Å². The van der Waals surface area contributed by atoms with Crippen molar-refractivity contribution in [2.24, 2.45) is 7.05 Å². The van der Waals surface area contributed by atoms with Crippen molar-refractivity contribution in [3.63, 3.8) is 0 Å². The largest absolute Gasteiger partial charge is 0.467 e. The maximum Gasteiger partial charge on any atom is 0.408 e. The predicted molar refractivity (Wildman–Crippen MR) is 67.7 cm³/mol.